The molecule has 16 heavy (non-hydrogen) atoms. The van der Waals surface area contributed by atoms with Crippen molar-refractivity contribution in [2.45, 2.75) is 38.2 Å². The third-order valence-corrected chi connectivity index (χ3v) is 3.54. The summed E-state index contributed by atoms with van der Waals surface area (Å²) in [5.74, 6) is 0.908. The molecule has 0 bridgehead atoms. The molecule has 2 rings (SSSR count). The van der Waals surface area contributed by atoms with E-state index in [0.29, 0.717) is 0 Å². The number of rotatable bonds is 3. The van der Waals surface area contributed by atoms with E-state index in [1.807, 2.05) is 12.1 Å². The Bertz CT molecular complexity index is 323. The molecule has 1 aliphatic heterocycles. The Morgan fingerprint density at radius 1 is 1.25 bits per heavy atom. The first-order chi connectivity index (χ1) is 7.80. The predicted molar refractivity (Wildman–Crippen MR) is 64.8 cm³/mol. The molecule has 2 nitrogen and oxygen atoms in total. The molecular weight excluding hydrogens is 200 g/mol. The van der Waals surface area contributed by atoms with Crippen molar-refractivity contribution in [2.24, 2.45) is 0 Å². The van der Waals surface area contributed by atoms with Crippen LogP contribution in [0.25, 0.3) is 0 Å². The molecule has 1 saturated heterocycles. The standard InChI is InChI=1S/C14H20O2/c1-3-14(10-4-5-11-16-14)12-6-8-13(15-2)9-7-12/h6-9H,3-5,10-11H2,1-2H3/t14-/m1/s1. The van der Waals surface area contributed by atoms with Crippen LogP contribution in [0.15, 0.2) is 24.3 Å². The molecule has 1 aliphatic rings. The molecule has 0 saturated carbocycles. The molecule has 2 heteroatoms. The van der Waals surface area contributed by atoms with Crippen LogP contribution < -0.4 is 4.74 Å². The van der Waals surface area contributed by atoms with Gasteiger partial charge in [0.05, 0.1) is 12.7 Å². The minimum atomic E-state index is -0.0511. The smallest absolute Gasteiger partial charge is 0.118 e. The normalized spacial score (nSPS) is 25.4. The molecule has 1 fully saturated rings. The third kappa shape index (κ3) is 2.07. The maximum atomic E-state index is 6.03. The van der Waals surface area contributed by atoms with Crippen molar-refractivity contribution in [3.8, 4) is 5.75 Å². The fourth-order valence-electron chi connectivity index (χ4n) is 2.46. The molecule has 1 atom stereocenters. The number of ether oxygens (including phenoxy) is 2. The van der Waals surface area contributed by atoms with Crippen LogP contribution in [0.1, 0.15) is 38.2 Å². The Hall–Kier alpha value is -1.02. The predicted octanol–water partition coefficient (Wildman–Crippen LogP) is 3.50. The molecule has 0 amide bonds. The third-order valence-electron chi connectivity index (χ3n) is 3.54. The fourth-order valence-corrected chi connectivity index (χ4v) is 2.46. The lowest BCUT2D eigenvalue weighted by molar-refractivity contribution is -0.0864. The van der Waals surface area contributed by atoms with E-state index in [4.69, 9.17) is 9.47 Å². The van der Waals surface area contributed by atoms with Crippen LogP contribution in [0, 0.1) is 0 Å². The second-order valence-electron chi connectivity index (χ2n) is 4.38. The first kappa shape index (κ1) is 11.5. The molecule has 0 aliphatic carbocycles. The van der Waals surface area contributed by atoms with Gasteiger partial charge in [-0.2, -0.15) is 0 Å². The van der Waals surface area contributed by atoms with Gasteiger partial charge in [-0.3, -0.25) is 0 Å². The number of hydrogen-bond donors (Lipinski definition) is 0. The highest BCUT2D eigenvalue weighted by atomic mass is 16.5. The van der Waals surface area contributed by atoms with Gasteiger partial charge in [0.15, 0.2) is 0 Å². The van der Waals surface area contributed by atoms with Crippen LogP contribution in [0.3, 0.4) is 0 Å². The summed E-state index contributed by atoms with van der Waals surface area (Å²) in [6.07, 6.45) is 4.63. The Labute approximate surface area is 97.6 Å². The molecule has 0 N–H and O–H groups in total. The molecule has 0 spiro atoms. The quantitative estimate of drug-likeness (QED) is 0.776. The highest BCUT2D eigenvalue weighted by molar-refractivity contribution is 5.31. The molecule has 0 aromatic heterocycles. The highest BCUT2D eigenvalue weighted by Gasteiger charge is 2.33. The summed E-state index contributed by atoms with van der Waals surface area (Å²) in [5.41, 5.74) is 1.24. The number of benzene rings is 1. The number of hydrogen-bond acceptors (Lipinski definition) is 2. The van der Waals surface area contributed by atoms with E-state index in [2.05, 4.69) is 19.1 Å². The average Bonchev–Trinajstić information content (AvgIpc) is 2.39. The van der Waals surface area contributed by atoms with Gasteiger partial charge in [-0.15, -0.1) is 0 Å². The van der Waals surface area contributed by atoms with Crippen molar-refractivity contribution in [1.82, 2.24) is 0 Å². The van der Waals surface area contributed by atoms with Crippen molar-refractivity contribution in [2.75, 3.05) is 13.7 Å². The molecule has 0 unspecified atom stereocenters. The van der Waals surface area contributed by atoms with Crippen LogP contribution in [0.5, 0.6) is 5.75 Å². The van der Waals surface area contributed by atoms with Crippen LogP contribution in [0.2, 0.25) is 0 Å². The second kappa shape index (κ2) is 4.88. The van der Waals surface area contributed by atoms with Gasteiger partial charge in [-0.05, 0) is 43.4 Å². The lowest BCUT2D eigenvalue weighted by atomic mass is 9.84. The van der Waals surface area contributed by atoms with Gasteiger partial charge >= 0.3 is 0 Å². The van der Waals surface area contributed by atoms with E-state index >= 15 is 0 Å². The summed E-state index contributed by atoms with van der Waals surface area (Å²) in [6.45, 7) is 3.09. The van der Waals surface area contributed by atoms with E-state index in [1.54, 1.807) is 7.11 Å². The topological polar surface area (TPSA) is 18.5 Å². The van der Waals surface area contributed by atoms with Gasteiger partial charge in [-0.25, -0.2) is 0 Å². The van der Waals surface area contributed by atoms with Crippen LogP contribution in [-0.4, -0.2) is 13.7 Å². The number of methoxy groups -OCH3 is 1. The summed E-state index contributed by atoms with van der Waals surface area (Å²) in [5, 5.41) is 0. The van der Waals surface area contributed by atoms with Crippen molar-refractivity contribution in [3.63, 3.8) is 0 Å². The molecule has 1 aromatic carbocycles. The maximum absolute atomic E-state index is 6.03. The lowest BCUT2D eigenvalue weighted by Crippen LogP contribution is -2.32. The van der Waals surface area contributed by atoms with E-state index in [-0.39, 0.29) is 5.60 Å². The van der Waals surface area contributed by atoms with Crippen LogP contribution in [-0.2, 0) is 10.3 Å². The van der Waals surface area contributed by atoms with Gasteiger partial charge in [0.2, 0.25) is 0 Å². The van der Waals surface area contributed by atoms with Gasteiger partial charge in [0.25, 0.3) is 0 Å². The van der Waals surface area contributed by atoms with E-state index in [1.165, 1.54) is 18.4 Å². The zero-order chi connectivity index (χ0) is 11.4. The highest BCUT2D eigenvalue weighted by Crippen LogP contribution is 2.38. The van der Waals surface area contributed by atoms with Gasteiger partial charge < -0.3 is 9.47 Å². The zero-order valence-electron chi connectivity index (χ0n) is 10.2. The van der Waals surface area contributed by atoms with Crippen LogP contribution >= 0.6 is 0 Å². The molecule has 88 valence electrons. The van der Waals surface area contributed by atoms with Crippen molar-refractivity contribution in [1.29, 1.82) is 0 Å². The molecular formula is C14H20O2. The summed E-state index contributed by atoms with van der Waals surface area (Å²) in [4.78, 5) is 0. The Morgan fingerprint density at radius 2 is 2.00 bits per heavy atom. The summed E-state index contributed by atoms with van der Waals surface area (Å²) in [7, 11) is 1.70. The Balaban J connectivity index is 2.24. The first-order valence-electron chi connectivity index (χ1n) is 6.09. The SMILES string of the molecule is CC[C@]1(c2ccc(OC)cc2)CCCCO1. The monoisotopic (exact) mass is 220 g/mol. The van der Waals surface area contributed by atoms with Crippen molar-refractivity contribution in [3.05, 3.63) is 29.8 Å². The summed E-state index contributed by atoms with van der Waals surface area (Å²) < 4.78 is 11.2. The maximum Gasteiger partial charge on any atom is 0.118 e. The summed E-state index contributed by atoms with van der Waals surface area (Å²) >= 11 is 0. The summed E-state index contributed by atoms with van der Waals surface area (Å²) in [6, 6.07) is 8.30. The Kier molecular flexibility index (Phi) is 3.49. The minimum Gasteiger partial charge on any atom is -0.497 e. The Morgan fingerprint density at radius 3 is 2.50 bits per heavy atom. The minimum absolute atomic E-state index is 0.0511. The van der Waals surface area contributed by atoms with E-state index in [9.17, 15) is 0 Å². The van der Waals surface area contributed by atoms with Crippen molar-refractivity contribution >= 4 is 0 Å². The zero-order valence-corrected chi connectivity index (χ0v) is 10.2. The van der Waals surface area contributed by atoms with Gasteiger partial charge in [-0.1, -0.05) is 19.1 Å². The largest absolute Gasteiger partial charge is 0.497 e. The second-order valence-corrected chi connectivity index (χ2v) is 4.38. The van der Waals surface area contributed by atoms with E-state index in [0.717, 1.165) is 25.2 Å². The van der Waals surface area contributed by atoms with Crippen molar-refractivity contribution < 1.29 is 9.47 Å². The van der Waals surface area contributed by atoms with E-state index < -0.39 is 0 Å². The van der Waals surface area contributed by atoms with Gasteiger partial charge in [0, 0.05) is 6.61 Å². The first-order valence-corrected chi connectivity index (χ1v) is 6.09. The van der Waals surface area contributed by atoms with Crippen LogP contribution in [0.4, 0.5) is 0 Å². The van der Waals surface area contributed by atoms with Gasteiger partial charge in [0.1, 0.15) is 5.75 Å². The molecule has 0 radical (unpaired) electrons. The average molecular weight is 220 g/mol. The molecule has 1 aromatic rings. The fraction of sp³-hybridized carbons (Fsp3) is 0.571. The lowest BCUT2D eigenvalue weighted by Gasteiger charge is -2.37. The molecule has 1 heterocycles.